The molecule has 0 saturated heterocycles. The Kier molecular flexibility index (Phi) is 4.75. The van der Waals surface area contributed by atoms with E-state index in [1.807, 2.05) is 13.8 Å². The van der Waals surface area contributed by atoms with Crippen LogP contribution in [-0.4, -0.2) is 18.3 Å². The number of phenols is 1. The largest absolute Gasteiger partial charge is 0.504 e. The molecule has 0 aliphatic heterocycles. The lowest BCUT2D eigenvalue weighted by molar-refractivity contribution is 0.306. The van der Waals surface area contributed by atoms with Gasteiger partial charge in [0.15, 0.2) is 11.5 Å². The topological polar surface area (TPSA) is 38.7 Å². The molecule has 1 rings (SSSR count). The third kappa shape index (κ3) is 3.02. The van der Waals surface area contributed by atoms with Gasteiger partial charge in [-0.25, -0.2) is 0 Å². The maximum Gasteiger partial charge on any atom is 0.164 e. The Morgan fingerprint density at radius 3 is 2.40 bits per heavy atom. The predicted octanol–water partition coefficient (Wildman–Crippen LogP) is 3.08. The fourth-order valence-corrected chi connectivity index (χ4v) is 1.68. The number of phenolic OH excluding ortho intramolecular Hbond substituents is 1. The molecular weight excluding hydrogens is 260 g/mol. The van der Waals surface area contributed by atoms with Crippen LogP contribution in [0.4, 0.5) is 0 Å². The van der Waals surface area contributed by atoms with Crippen molar-refractivity contribution in [2.24, 2.45) is 0 Å². The van der Waals surface area contributed by atoms with Gasteiger partial charge in [0.1, 0.15) is 5.75 Å². The van der Waals surface area contributed by atoms with Crippen LogP contribution >= 0.6 is 15.9 Å². The monoisotopic (exact) mass is 274 g/mol. The number of rotatable bonds is 5. The predicted molar refractivity (Wildman–Crippen MR) is 63.1 cm³/mol. The van der Waals surface area contributed by atoms with E-state index in [9.17, 15) is 5.11 Å². The van der Waals surface area contributed by atoms with Gasteiger partial charge in [-0.2, -0.15) is 0 Å². The minimum absolute atomic E-state index is 0.178. The van der Waals surface area contributed by atoms with Crippen LogP contribution in [0.25, 0.3) is 0 Å². The standard InChI is InChI=1S/C11H15BrO3/c1-3-14-9-5-8(7-12)11(13)10(6-9)15-4-2/h5-6,13H,3-4,7H2,1-2H3. The van der Waals surface area contributed by atoms with Crippen molar-refractivity contribution in [2.45, 2.75) is 19.2 Å². The fourth-order valence-electron chi connectivity index (χ4n) is 1.25. The summed E-state index contributed by atoms with van der Waals surface area (Å²) >= 11 is 3.31. The molecule has 0 unspecified atom stereocenters. The van der Waals surface area contributed by atoms with Gasteiger partial charge in [0.25, 0.3) is 0 Å². The van der Waals surface area contributed by atoms with E-state index in [4.69, 9.17) is 9.47 Å². The molecule has 3 nitrogen and oxygen atoms in total. The SMILES string of the molecule is CCOc1cc(CBr)c(O)c(OCC)c1. The maximum absolute atomic E-state index is 9.80. The van der Waals surface area contributed by atoms with E-state index in [2.05, 4.69) is 15.9 Å². The van der Waals surface area contributed by atoms with Gasteiger partial charge in [0, 0.05) is 17.0 Å². The van der Waals surface area contributed by atoms with Crippen LogP contribution in [0.1, 0.15) is 19.4 Å². The van der Waals surface area contributed by atoms with Crippen molar-refractivity contribution < 1.29 is 14.6 Å². The quantitative estimate of drug-likeness (QED) is 0.839. The van der Waals surface area contributed by atoms with Crippen molar-refractivity contribution in [1.82, 2.24) is 0 Å². The first kappa shape index (κ1) is 12.2. The van der Waals surface area contributed by atoms with Crippen molar-refractivity contribution in [2.75, 3.05) is 13.2 Å². The minimum Gasteiger partial charge on any atom is -0.504 e. The number of halogens is 1. The van der Waals surface area contributed by atoms with E-state index in [0.717, 1.165) is 5.56 Å². The molecule has 84 valence electrons. The minimum atomic E-state index is 0.178. The lowest BCUT2D eigenvalue weighted by Crippen LogP contribution is -1.97. The van der Waals surface area contributed by atoms with Gasteiger partial charge in [-0.05, 0) is 19.9 Å². The van der Waals surface area contributed by atoms with Gasteiger partial charge in [0.05, 0.1) is 13.2 Å². The highest BCUT2D eigenvalue weighted by Crippen LogP contribution is 2.35. The van der Waals surface area contributed by atoms with E-state index >= 15 is 0 Å². The molecule has 0 heterocycles. The normalized spacial score (nSPS) is 10.1. The third-order valence-corrected chi connectivity index (χ3v) is 2.49. The molecule has 0 amide bonds. The van der Waals surface area contributed by atoms with Crippen LogP contribution < -0.4 is 9.47 Å². The first-order valence-electron chi connectivity index (χ1n) is 4.90. The molecule has 1 aromatic rings. The second-order valence-corrected chi connectivity index (χ2v) is 3.49. The first-order chi connectivity index (χ1) is 7.22. The average Bonchev–Trinajstić information content (AvgIpc) is 2.23. The van der Waals surface area contributed by atoms with Crippen LogP contribution in [-0.2, 0) is 5.33 Å². The Morgan fingerprint density at radius 2 is 1.87 bits per heavy atom. The molecule has 0 saturated carbocycles. The summed E-state index contributed by atoms with van der Waals surface area (Å²) < 4.78 is 10.7. The summed E-state index contributed by atoms with van der Waals surface area (Å²) in [6, 6.07) is 3.50. The molecule has 0 atom stereocenters. The molecule has 0 aromatic heterocycles. The number of hydrogen-bond acceptors (Lipinski definition) is 3. The zero-order chi connectivity index (χ0) is 11.3. The Labute approximate surface area is 98.1 Å². The molecule has 0 spiro atoms. The highest BCUT2D eigenvalue weighted by Gasteiger charge is 2.10. The highest BCUT2D eigenvalue weighted by atomic mass is 79.9. The van der Waals surface area contributed by atoms with Crippen molar-refractivity contribution in [1.29, 1.82) is 0 Å². The summed E-state index contributed by atoms with van der Waals surface area (Å²) in [7, 11) is 0. The Bertz CT molecular complexity index is 326. The van der Waals surface area contributed by atoms with Gasteiger partial charge in [-0.1, -0.05) is 15.9 Å². The number of aromatic hydroxyl groups is 1. The zero-order valence-electron chi connectivity index (χ0n) is 8.92. The highest BCUT2D eigenvalue weighted by molar-refractivity contribution is 9.08. The van der Waals surface area contributed by atoms with Crippen LogP contribution in [0, 0.1) is 0 Å². The smallest absolute Gasteiger partial charge is 0.164 e. The molecule has 0 radical (unpaired) electrons. The van der Waals surface area contributed by atoms with Crippen molar-refractivity contribution >= 4 is 15.9 Å². The molecule has 0 fully saturated rings. The summed E-state index contributed by atoms with van der Waals surface area (Å²) in [4.78, 5) is 0. The van der Waals surface area contributed by atoms with Gasteiger partial charge >= 0.3 is 0 Å². The fraction of sp³-hybridized carbons (Fsp3) is 0.455. The van der Waals surface area contributed by atoms with E-state index in [-0.39, 0.29) is 5.75 Å². The van der Waals surface area contributed by atoms with Crippen LogP contribution in [0.2, 0.25) is 0 Å². The summed E-state index contributed by atoms with van der Waals surface area (Å²) in [5.74, 6) is 1.36. The van der Waals surface area contributed by atoms with E-state index < -0.39 is 0 Å². The molecule has 0 aliphatic rings. The van der Waals surface area contributed by atoms with Gasteiger partial charge < -0.3 is 14.6 Å². The third-order valence-electron chi connectivity index (χ3n) is 1.88. The van der Waals surface area contributed by atoms with Crippen LogP contribution in [0.5, 0.6) is 17.2 Å². The van der Waals surface area contributed by atoms with E-state index in [1.54, 1.807) is 12.1 Å². The summed E-state index contributed by atoms with van der Waals surface area (Å²) in [6.07, 6.45) is 0. The van der Waals surface area contributed by atoms with Gasteiger partial charge in [-0.3, -0.25) is 0 Å². The number of alkyl halides is 1. The second kappa shape index (κ2) is 5.85. The Hall–Kier alpha value is -0.900. The maximum atomic E-state index is 9.80. The molecule has 1 aromatic carbocycles. The molecular formula is C11H15BrO3. The summed E-state index contributed by atoms with van der Waals surface area (Å²) in [5, 5.41) is 10.4. The van der Waals surface area contributed by atoms with Crippen LogP contribution in [0.3, 0.4) is 0 Å². The van der Waals surface area contributed by atoms with Crippen molar-refractivity contribution in [3.8, 4) is 17.2 Å². The molecule has 0 aliphatic carbocycles. The second-order valence-electron chi connectivity index (χ2n) is 2.93. The molecule has 15 heavy (non-hydrogen) atoms. The number of ether oxygens (including phenoxy) is 2. The van der Waals surface area contributed by atoms with Crippen molar-refractivity contribution in [3.05, 3.63) is 17.7 Å². The Balaban J connectivity index is 3.07. The molecule has 0 bridgehead atoms. The summed E-state index contributed by atoms with van der Waals surface area (Å²) in [5.41, 5.74) is 0.768. The average molecular weight is 275 g/mol. The van der Waals surface area contributed by atoms with E-state index in [0.29, 0.717) is 30.0 Å². The lowest BCUT2D eigenvalue weighted by Gasteiger charge is -2.12. The lowest BCUT2D eigenvalue weighted by atomic mass is 10.2. The van der Waals surface area contributed by atoms with Gasteiger partial charge in [0.2, 0.25) is 0 Å². The number of hydrogen-bond donors (Lipinski definition) is 1. The van der Waals surface area contributed by atoms with Gasteiger partial charge in [-0.15, -0.1) is 0 Å². The van der Waals surface area contributed by atoms with Crippen LogP contribution in [0.15, 0.2) is 12.1 Å². The molecule has 1 N–H and O–H groups in total. The summed E-state index contributed by atoms with van der Waals surface area (Å²) in [6.45, 7) is 4.91. The molecule has 4 heteroatoms. The Morgan fingerprint density at radius 1 is 1.20 bits per heavy atom. The zero-order valence-corrected chi connectivity index (χ0v) is 10.5. The van der Waals surface area contributed by atoms with E-state index in [1.165, 1.54) is 0 Å². The first-order valence-corrected chi connectivity index (χ1v) is 6.02. The van der Waals surface area contributed by atoms with Crippen molar-refractivity contribution in [3.63, 3.8) is 0 Å². The number of benzene rings is 1.